The van der Waals surface area contributed by atoms with Gasteiger partial charge in [0.25, 0.3) is 0 Å². The van der Waals surface area contributed by atoms with Crippen LogP contribution in [0.5, 0.6) is 0 Å². The molecule has 6 heterocycles. The molecule has 0 bridgehead atoms. The van der Waals surface area contributed by atoms with Crippen molar-refractivity contribution < 1.29 is 27.8 Å². The number of nitrogens with one attached hydrogen (secondary N) is 4. The summed E-state index contributed by atoms with van der Waals surface area (Å²) < 4.78 is 39.0. The molecule has 10 rings (SSSR count). The highest BCUT2D eigenvalue weighted by atomic mass is 19.1. The van der Waals surface area contributed by atoms with E-state index >= 15 is 0 Å². The number of Topliss-reactive ketones (excluding diaryl/α,β-unsaturated/α-hetero) is 2. The van der Waals surface area contributed by atoms with Crippen molar-refractivity contribution in [2.24, 2.45) is 0 Å². The number of aromatic nitrogens is 2. The average Bonchev–Trinajstić information content (AvgIpc) is 3.97. The molecule has 4 aliphatic heterocycles. The predicted octanol–water partition coefficient (Wildman–Crippen LogP) is 8.22. The summed E-state index contributed by atoms with van der Waals surface area (Å²) in [6, 6.07) is 23.3. The number of halogens is 2. The summed E-state index contributed by atoms with van der Waals surface area (Å²) in [5, 5.41) is 8.58. The fourth-order valence-corrected chi connectivity index (χ4v) is 8.30. The van der Waals surface area contributed by atoms with Crippen LogP contribution in [-0.2, 0) is 22.7 Å². The molecule has 52 heavy (non-hydrogen) atoms. The second-order valence-electron chi connectivity index (χ2n) is 14.1. The second-order valence-corrected chi connectivity index (χ2v) is 14.1. The van der Waals surface area contributed by atoms with Gasteiger partial charge in [0.2, 0.25) is 0 Å². The molecule has 10 heteroatoms. The topological polar surface area (TPSA) is 108 Å². The monoisotopic (exact) mass is 700 g/mol. The zero-order valence-electron chi connectivity index (χ0n) is 28.5. The van der Waals surface area contributed by atoms with E-state index in [1.165, 1.54) is 48.2 Å². The van der Waals surface area contributed by atoms with Gasteiger partial charge in [0.15, 0.2) is 11.6 Å². The minimum absolute atomic E-state index is 0.0149. The molecular formula is C42H38F2N4O4. The van der Waals surface area contributed by atoms with Crippen molar-refractivity contribution in [3.63, 3.8) is 0 Å². The summed E-state index contributed by atoms with van der Waals surface area (Å²) in [6.45, 7) is 2.78. The SMILES string of the molecule is O=C1COCc2c(-c3ccc([C@@H]4CCCN4)cc3)[nH]c3cc(F)cc1c23.O=C1COCc2c(-c3ccc([C@H]4CCCN4)cc3)[nH]c3cc(F)cc1c23. The minimum atomic E-state index is -0.412. The third-order valence-corrected chi connectivity index (χ3v) is 10.8. The van der Waals surface area contributed by atoms with Crippen molar-refractivity contribution in [3.05, 3.63) is 118 Å². The summed E-state index contributed by atoms with van der Waals surface area (Å²) in [7, 11) is 0. The number of rotatable bonds is 4. The number of ether oxygens (including phenoxy) is 2. The second kappa shape index (κ2) is 13.5. The number of benzene rings is 4. The lowest BCUT2D eigenvalue weighted by molar-refractivity contribution is 0.0738. The maximum absolute atomic E-state index is 14.0. The summed E-state index contributed by atoms with van der Waals surface area (Å²) >= 11 is 0. The summed E-state index contributed by atoms with van der Waals surface area (Å²) in [5.41, 5.74) is 10.3. The highest BCUT2D eigenvalue weighted by molar-refractivity contribution is 6.12. The van der Waals surface area contributed by atoms with Crippen LogP contribution in [0.4, 0.5) is 8.78 Å². The first-order valence-corrected chi connectivity index (χ1v) is 18.0. The number of aromatic amines is 2. The van der Waals surface area contributed by atoms with Gasteiger partial charge >= 0.3 is 0 Å². The van der Waals surface area contributed by atoms with Gasteiger partial charge in [-0.1, -0.05) is 48.5 Å². The van der Waals surface area contributed by atoms with Gasteiger partial charge in [0.1, 0.15) is 24.8 Å². The van der Waals surface area contributed by atoms with Crippen LogP contribution >= 0.6 is 0 Å². The average molecular weight is 701 g/mol. The number of carbonyl (C=O) groups excluding carboxylic acids is 2. The minimum Gasteiger partial charge on any atom is -0.369 e. The Balaban J connectivity index is 0.000000138. The highest BCUT2D eigenvalue weighted by Crippen LogP contribution is 2.38. The van der Waals surface area contributed by atoms with Crippen LogP contribution in [0.25, 0.3) is 44.3 Å². The Morgan fingerprint density at radius 2 is 0.981 bits per heavy atom. The van der Waals surface area contributed by atoms with E-state index in [1.807, 2.05) is 0 Å². The van der Waals surface area contributed by atoms with Crippen molar-refractivity contribution in [3.8, 4) is 22.5 Å². The molecular weight excluding hydrogens is 662 g/mol. The van der Waals surface area contributed by atoms with Crippen molar-refractivity contribution in [1.82, 2.24) is 20.6 Å². The third kappa shape index (κ3) is 5.95. The van der Waals surface area contributed by atoms with E-state index in [4.69, 9.17) is 9.47 Å². The van der Waals surface area contributed by atoms with Crippen LogP contribution in [-0.4, -0.2) is 47.8 Å². The normalized spacial score (nSPS) is 19.9. The van der Waals surface area contributed by atoms with Crippen molar-refractivity contribution in [2.75, 3.05) is 26.3 Å². The maximum Gasteiger partial charge on any atom is 0.189 e. The molecule has 2 fully saturated rings. The Morgan fingerprint density at radius 1 is 0.558 bits per heavy atom. The number of carbonyl (C=O) groups is 2. The predicted molar refractivity (Wildman–Crippen MR) is 195 cm³/mol. The zero-order chi connectivity index (χ0) is 35.3. The molecule has 8 nitrogen and oxygen atoms in total. The van der Waals surface area contributed by atoms with E-state index in [1.54, 1.807) is 0 Å². The molecule has 2 saturated heterocycles. The number of hydrogen-bond donors (Lipinski definition) is 4. The molecule has 0 spiro atoms. The van der Waals surface area contributed by atoms with Crippen molar-refractivity contribution >= 4 is 33.4 Å². The molecule has 0 unspecified atom stereocenters. The lowest BCUT2D eigenvalue weighted by Gasteiger charge is -2.11. The van der Waals surface area contributed by atoms with E-state index in [-0.39, 0.29) is 24.8 Å². The van der Waals surface area contributed by atoms with Gasteiger partial charge in [-0.2, -0.15) is 0 Å². The van der Waals surface area contributed by atoms with Crippen LogP contribution in [0.15, 0.2) is 72.8 Å². The van der Waals surface area contributed by atoms with E-state index in [9.17, 15) is 18.4 Å². The van der Waals surface area contributed by atoms with Crippen LogP contribution in [0, 0.1) is 11.6 Å². The lowest BCUT2D eigenvalue weighted by Crippen LogP contribution is -2.12. The highest BCUT2D eigenvalue weighted by Gasteiger charge is 2.26. The van der Waals surface area contributed by atoms with Gasteiger partial charge in [-0.05, 0) is 85.3 Å². The molecule has 0 aliphatic carbocycles. The maximum atomic E-state index is 14.0. The third-order valence-electron chi connectivity index (χ3n) is 10.8. The van der Waals surface area contributed by atoms with Crippen LogP contribution in [0.3, 0.4) is 0 Å². The zero-order valence-corrected chi connectivity index (χ0v) is 28.5. The Bertz CT molecular complexity index is 2170. The molecule has 0 radical (unpaired) electrons. The largest absolute Gasteiger partial charge is 0.369 e. The van der Waals surface area contributed by atoms with Crippen molar-refractivity contribution in [1.29, 1.82) is 0 Å². The van der Waals surface area contributed by atoms with E-state index in [0.717, 1.165) is 70.3 Å². The Labute approximate surface area is 298 Å². The first-order chi connectivity index (χ1) is 25.4. The van der Waals surface area contributed by atoms with Gasteiger partial charge in [-0.3, -0.25) is 9.59 Å². The molecule has 2 atom stereocenters. The number of ketones is 2. The molecule has 264 valence electrons. The summed E-state index contributed by atoms with van der Waals surface area (Å²) in [4.78, 5) is 31.1. The fraction of sp³-hybridized carbons (Fsp3) is 0.286. The molecule has 0 amide bonds. The Hall–Kier alpha value is -5.00. The molecule has 0 saturated carbocycles. The number of hydrogen-bond acceptors (Lipinski definition) is 6. The molecule has 6 aromatic rings. The quantitative estimate of drug-likeness (QED) is 0.148. The lowest BCUT2D eigenvalue weighted by atomic mass is 9.99. The summed E-state index contributed by atoms with van der Waals surface area (Å²) in [5.74, 6) is -1.18. The van der Waals surface area contributed by atoms with E-state index in [2.05, 4.69) is 69.1 Å². The van der Waals surface area contributed by atoms with Gasteiger partial charge in [0, 0.05) is 56.1 Å². The van der Waals surface area contributed by atoms with E-state index in [0.29, 0.717) is 47.5 Å². The van der Waals surface area contributed by atoms with Gasteiger partial charge < -0.3 is 30.1 Å². The summed E-state index contributed by atoms with van der Waals surface area (Å²) in [6.07, 6.45) is 4.74. The smallest absolute Gasteiger partial charge is 0.189 e. The molecule has 4 aliphatic rings. The van der Waals surface area contributed by atoms with Crippen molar-refractivity contribution in [2.45, 2.75) is 51.0 Å². The van der Waals surface area contributed by atoms with Crippen LogP contribution in [0.2, 0.25) is 0 Å². The number of H-pyrrole nitrogens is 2. The first kappa shape index (κ1) is 32.9. The molecule has 4 aromatic carbocycles. The van der Waals surface area contributed by atoms with Gasteiger partial charge in [0.05, 0.1) is 24.6 Å². The van der Waals surface area contributed by atoms with Gasteiger partial charge in [-0.15, -0.1) is 0 Å². The van der Waals surface area contributed by atoms with E-state index < -0.39 is 11.6 Å². The van der Waals surface area contributed by atoms with Gasteiger partial charge in [-0.25, -0.2) is 8.78 Å². The first-order valence-electron chi connectivity index (χ1n) is 18.0. The molecule has 2 aromatic heterocycles. The Morgan fingerprint density at radius 3 is 1.37 bits per heavy atom. The Kier molecular flexibility index (Phi) is 8.55. The molecule has 4 N–H and O–H groups in total. The fourth-order valence-electron chi connectivity index (χ4n) is 8.30. The van der Waals surface area contributed by atoms with Crippen LogP contribution < -0.4 is 10.6 Å². The standard InChI is InChI=1S/2C21H19FN2O2/c2*22-14-8-15-19(25)11-26-10-16-20(15)18(9-14)24-21(16)13-5-3-12(4-6-13)17-2-1-7-23-17/h2*3-6,8-9,17,23-24H,1-2,7,10-11H2/t2*17-/m10/s1. The van der Waals surface area contributed by atoms with Crippen LogP contribution in [0.1, 0.15) is 80.7 Å².